The Kier molecular flexibility index (Phi) is 4.82. The van der Waals surface area contributed by atoms with Gasteiger partial charge in [0.05, 0.1) is 12.3 Å². The highest BCUT2D eigenvalue weighted by atomic mass is 16.5. The average Bonchev–Trinajstić information content (AvgIpc) is 2.47. The molecule has 2 aromatic carbocycles. The summed E-state index contributed by atoms with van der Waals surface area (Å²) in [4.78, 5) is 12.1. The number of nitrogen functional groups attached to an aromatic ring is 1. The summed E-state index contributed by atoms with van der Waals surface area (Å²) in [6.45, 7) is 4.96. The minimum atomic E-state index is -0.147. The number of rotatable bonds is 5. The highest BCUT2D eigenvalue weighted by Crippen LogP contribution is 2.22. The van der Waals surface area contributed by atoms with E-state index in [0.717, 1.165) is 5.56 Å². The van der Waals surface area contributed by atoms with E-state index < -0.39 is 0 Å². The monoisotopic (exact) mass is 284 g/mol. The van der Waals surface area contributed by atoms with Crippen LogP contribution in [0.1, 0.15) is 28.4 Å². The van der Waals surface area contributed by atoms with E-state index in [0.29, 0.717) is 30.2 Å². The molecule has 4 heteroatoms. The maximum absolute atomic E-state index is 12.1. The Balaban J connectivity index is 2.02. The lowest BCUT2D eigenvalue weighted by atomic mass is 10.1. The third-order valence-corrected chi connectivity index (χ3v) is 3.11. The summed E-state index contributed by atoms with van der Waals surface area (Å²) < 4.78 is 5.36. The van der Waals surface area contributed by atoms with Gasteiger partial charge in [-0.15, -0.1) is 0 Å². The molecular weight excluding hydrogens is 264 g/mol. The highest BCUT2D eigenvalue weighted by molar-refractivity contribution is 5.95. The largest absolute Gasteiger partial charge is 0.492 e. The summed E-state index contributed by atoms with van der Waals surface area (Å²) in [5.74, 6) is 0.457. The van der Waals surface area contributed by atoms with Crippen molar-refractivity contribution in [2.45, 2.75) is 20.4 Å². The molecule has 1 amide bonds. The molecule has 0 atom stereocenters. The van der Waals surface area contributed by atoms with Crippen LogP contribution in [0, 0.1) is 6.92 Å². The molecule has 0 aromatic heterocycles. The van der Waals surface area contributed by atoms with Gasteiger partial charge < -0.3 is 15.8 Å². The lowest BCUT2D eigenvalue weighted by Crippen LogP contribution is -2.22. The highest BCUT2D eigenvalue weighted by Gasteiger charge is 2.08. The van der Waals surface area contributed by atoms with E-state index in [1.807, 2.05) is 38.1 Å². The second-order valence-corrected chi connectivity index (χ2v) is 4.86. The Bertz CT molecular complexity index is 638. The molecule has 0 heterocycles. The number of carbonyl (C=O) groups is 1. The predicted octanol–water partition coefficient (Wildman–Crippen LogP) is 2.91. The SMILES string of the molecule is CCOc1ccc(C(=O)NCc2cccc(C)c2)cc1N. The molecule has 110 valence electrons. The van der Waals surface area contributed by atoms with Crippen LogP contribution in [-0.2, 0) is 6.54 Å². The molecule has 0 aliphatic carbocycles. The molecule has 0 unspecified atom stereocenters. The molecule has 2 rings (SSSR count). The van der Waals surface area contributed by atoms with E-state index in [2.05, 4.69) is 5.32 Å². The van der Waals surface area contributed by atoms with Crippen LogP contribution < -0.4 is 15.8 Å². The molecule has 4 nitrogen and oxygen atoms in total. The number of benzene rings is 2. The Morgan fingerprint density at radius 3 is 2.71 bits per heavy atom. The molecule has 0 bridgehead atoms. The molecule has 2 aromatic rings. The smallest absolute Gasteiger partial charge is 0.251 e. The Labute approximate surface area is 124 Å². The van der Waals surface area contributed by atoms with E-state index in [1.54, 1.807) is 18.2 Å². The zero-order chi connectivity index (χ0) is 15.2. The summed E-state index contributed by atoms with van der Waals surface area (Å²) in [5, 5.41) is 2.89. The fourth-order valence-electron chi connectivity index (χ4n) is 2.08. The first kappa shape index (κ1) is 14.9. The van der Waals surface area contributed by atoms with Gasteiger partial charge in [0.1, 0.15) is 5.75 Å². The van der Waals surface area contributed by atoms with Gasteiger partial charge in [-0.3, -0.25) is 4.79 Å². The third kappa shape index (κ3) is 3.99. The first-order valence-corrected chi connectivity index (χ1v) is 6.96. The fourth-order valence-corrected chi connectivity index (χ4v) is 2.08. The first-order valence-electron chi connectivity index (χ1n) is 6.96. The number of ether oxygens (including phenoxy) is 1. The molecule has 0 spiro atoms. The first-order chi connectivity index (χ1) is 10.1. The molecule has 0 radical (unpaired) electrons. The van der Waals surface area contributed by atoms with E-state index in [1.165, 1.54) is 5.56 Å². The molecule has 0 fully saturated rings. The van der Waals surface area contributed by atoms with Crippen LogP contribution >= 0.6 is 0 Å². The van der Waals surface area contributed by atoms with Crippen molar-refractivity contribution in [2.75, 3.05) is 12.3 Å². The zero-order valence-corrected chi connectivity index (χ0v) is 12.3. The topological polar surface area (TPSA) is 64.3 Å². The lowest BCUT2D eigenvalue weighted by Gasteiger charge is -2.09. The number of amides is 1. The number of aryl methyl sites for hydroxylation is 1. The molecule has 3 N–H and O–H groups in total. The van der Waals surface area contributed by atoms with Crippen molar-refractivity contribution in [2.24, 2.45) is 0 Å². The Morgan fingerprint density at radius 1 is 1.24 bits per heavy atom. The second-order valence-electron chi connectivity index (χ2n) is 4.86. The van der Waals surface area contributed by atoms with Crippen LogP contribution in [0.2, 0.25) is 0 Å². The van der Waals surface area contributed by atoms with Crippen molar-refractivity contribution in [3.8, 4) is 5.75 Å². The number of nitrogens with two attached hydrogens (primary N) is 1. The van der Waals surface area contributed by atoms with Crippen LogP contribution in [0.4, 0.5) is 5.69 Å². The standard InChI is InChI=1S/C17H20N2O2/c1-3-21-16-8-7-14(10-15(16)18)17(20)19-11-13-6-4-5-12(2)9-13/h4-10H,3,11,18H2,1-2H3,(H,19,20). The number of hydrogen-bond acceptors (Lipinski definition) is 3. The van der Waals surface area contributed by atoms with Gasteiger partial charge >= 0.3 is 0 Å². The van der Waals surface area contributed by atoms with Crippen LogP contribution in [0.3, 0.4) is 0 Å². The Hall–Kier alpha value is -2.49. The number of carbonyl (C=O) groups excluding carboxylic acids is 1. The summed E-state index contributed by atoms with van der Waals surface area (Å²) in [6.07, 6.45) is 0. The number of nitrogens with one attached hydrogen (secondary N) is 1. The summed E-state index contributed by atoms with van der Waals surface area (Å²) in [6, 6.07) is 13.1. The summed E-state index contributed by atoms with van der Waals surface area (Å²) >= 11 is 0. The van der Waals surface area contributed by atoms with Gasteiger partial charge in [0.25, 0.3) is 5.91 Å². The molecule has 21 heavy (non-hydrogen) atoms. The van der Waals surface area contributed by atoms with Crippen molar-refractivity contribution < 1.29 is 9.53 Å². The lowest BCUT2D eigenvalue weighted by molar-refractivity contribution is 0.0951. The van der Waals surface area contributed by atoms with Crippen LogP contribution in [0.5, 0.6) is 5.75 Å². The average molecular weight is 284 g/mol. The summed E-state index contributed by atoms with van der Waals surface area (Å²) in [7, 11) is 0. The van der Waals surface area contributed by atoms with E-state index in [9.17, 15) is 4.79 Å². The number of anilines is 1. The van der Waals surface area contributed by atoms with Crippen molar-refractivity contribution >= 4 is 11.6 Å². The molecule has 0 saturated carbocycles. The van der Waals surface area contributed by atoms with E-state index in [4.69, 9.17) is 10.5 Å². The van der Waals surface area contributed by atoms with Gasteiger partial charge in [-0.25, -0.2) is 0 Å². The fraction of sp³-hybridized carbons (Fsp3) is 0.235. The zero-order valence-electron chi connectivity index (χ0n) is 12.3. The van der Waals surface area contributed by atoms with Crippen molar-refractivity contribution in [3.05, 3.63) is 59.2 Å². The predicted molar refractivity (Wildman–Crippen MR) is 84.4 cm³/mol. The maximum Gasteiger partial charge on any atom is 0.251 e. The van der Waals surface area contributed by atoms with Crippen molar-refractivity contribution in [1.29, 1.82) is 0 Å². The van der Waals surface area contributed by atoms with Gasteiger partial charge in [-0.05, 0) is 37.6 Å². The quantitative estimate of drug-likeness (QED) is 0.830. The third-order valence-electron chi connectivity index (χ3n) is 3.11. The van der Waals surface area contributed by atoms with E-state index in [-0.39, 0.29) is 5.91 Å². The van der Waals surface area contributed by atoms with Crippen molar-refractivity contribution in [1.82, 2.24) is 5.32 Å². The maximum atomic E-state index is 12.1. The van der Waals surface area contributed by atoms with Crippen LogP contribution in [0.25, 0.3) is 0 Å². The van der Waals surface area contributed by atoms with E-state index >= 15 is 0 Å². The molecule has 0 aliphatic rings. The van der Waals surface area contributed by atoms with Gasteiger partial charge in [0.15, 0.2) is 0 Å². The minimum Gasteiger partial charge on any atom is -0.492 e. The van der Waals surface area contributed by atoms with Crippen molar-refractivity contribution in [3.63, 3.8) is 0 Å². The second kappa shape index (κ2) is 6.79. The molecule has 0 saturated heterocycles. The molecule has 0 aliphatic heterocycles. The van der Waals surface area contributed by atoms with Gasteiger partial charge in [-0.2, -0.15) is 0 Å². The van der Waals surface area contributed by atoms with Crippen LogP contribution in [0.15, 0.2) is 42.5 Å². The molecular formula is C17H20N2O2. The summed E-state index contributed by atoms with van der Waals surface area (Å²) in [5.41, 5.74) is 9.12. The minimum absolute atomic E-state index is 0.147. The van der Waals surface area contributed by atoms with Gasteiger partial charge in [-0.1, -0.05) is 29.8 Å². The normalized spacial score (nSPS) is 10.2. The van der Waals surface area contributed by atoms with Gasteiger partial charge in [0.2, 0.25) is 0 Å². The Morgan fingerprint density at radius 2 is 2.05 bits per heavy atom. The number of hydrogen-bond donors (Lipinski definition) is 2. The van der Waals surface area contributed by atoms with Crippen LogP contribution in [-0.4, -0.2) is 12.5 Å². The van der Waals surface area contributed by atoms with Gasteiger partial charge in [0, 0.05) is 12.1 Å².